The number of nitrogens with two attached hydrogens (primary N) is 1. The quantitative estimate of drug-likeness (QED) is 0.705. The van der Waals surface area contributed by atoms with Crippen molar-refractivity contribution in [3.8, 4) is 0 Å². The monoisotopic (exact) mass is 427 g/mol. The summed E-state index contributed by atoms with van der Waals surface area (Å²) in [5.41, 5.74) is 4.35. The van der Waals surface area contributed by atoms with Crippen LogP contribution in [0.1, 0.15) is 17.7 Å². The van der Waals surface area contributed by atoms with Gasteiger partial charge in [0.25, 0.3) is 0 Å². The van der Waals surface area contributed by atoms with Crippen LogP contribution in [0.4, 0.5) is 24.9 Å². The zero-order valence-electron chi connectivity index (χ0n) is 13.4. The summed E-state index contributed by atoms with van der Waals surface area (Å²) in [4.78, 5) is 9.50. The molecule has 11 heteroatoms. The van der Waals surface area contributed by atoms with E-state index in [0.29, 0.717) is 26.2 Å². The second-order valence-electron chi connectivity index (χ2n) is 5.89. The van der Waals surface area contributed by atoms with Crippen molar-refractivity contribution in [1.82, 2.24) is 15.3 Å². The van der Waals surface area contributed by atoms with Crippen LogP contribution in [-0.4, -0.2) is 41.5 Å². The average Bonchev–Trinajstić information content (AvgIpc) is 2.57. The Labute approximate surface area is 163 Å². The predicted octanol–water partition coefficient (Wildman–Crippen LogP) is 3.57. The fraction of sp³-hybridized carbons (Fsp3) is 0.467. The maximum Gasteiger partial charge on any atom is 0.434 e. The lowest BCUT2D eigenvalue weighted by Crippen LogP contribution is -2.44. The Hall–Kier alpha value is -1.22. The molecule has 3 N–H and O–H groups in total. The van der Waals surface area contributed by atoms with E-state index in [1.165, 1.54) is 6.08 Å². The predicted molar refractivity (Wildman–Crippen MR) is 97.5 cm³/mol. The van der Waals surface area contributed by atoms with Gasteiger partial charge >= 0.3 is 6.18 Å². The van der Waals surface area contributed by atoms with E-state index in [4.69, 9.17) is 40.5 Å². The van der Waals surface area contributed by atoms with Gasteiger partial charge in [0, 0.05) is 48.2 Å². The van der Waals surface area contributed by atoms with Crippen molar-refractivity contribution < 1.29 is 13.2 Å². The fourth-order valence-corrected chi connectivity index (χ4v) is 3.70. The SMILES string of the molecule is Nc1nc(N2CCNCC2)nc(C(F)(F)F)c1C1=C(Cl)C(Cl)CC(Cl)=C1. The summed E-state index contributed by atoms with van der Waals surface area (Å²) < 4.78 is 41.2. The Bertz CT molecular complexity index is 773. The van der Waals surface area contributed by atoms with Crippen LogP contribution >= 0.6 is 34.8 Å². The molecular weight excluding hydrogens is 414 g/mol. The third kappa shape index (κ3) is 3.88. The van der Waals surface area contributed by atoms with Crippen LogP contribution in [0, 0.1) is 0 Å². The molecule has 0 saturated carbocycles. The number of alkyl halides is 4. The minimum atomic E-state index is -4.75. The first-order valence-electron chi connectivity index (χ1n) is 7.79. The van der Waals surface area contributed by atoms with Gasteiger partial charge in [-0.1, -0.05) is 23.2 Å². The van der Waals surface area contributed by atoms with E-state index in [1.54, 1.807) is 4.90 Å². The molecule has 0 bridgehead atoms. The number of nitrogens with one attached hydrogen (secondary N) is 1. The van der Waals surface area contributed by atoms with Crippen LogP contribution in [0.15, 0.2) is 16.1 Å². The normalized spacial score (nSPS) is 21.8. The highest BCUT2D eigenvalue weighted by Crippen LogP contribution is 2.43. The lowest BCUT2D eigenvalue weighted by Gasteiger charge is -2.29. The third-order valence-electron chi connectivity index (χ3n) is 4.07. The van der Waals surface area contributed by atoms with E-state index in [-0.39, 0.29) is 33.8 Å². The van der Waals surface area contributed by atoms with Gasteiger partial charge in [-0.05, 0) is 6.08 Å². The van der Waals surface area contributed by atoms with Crippen LogP contribution in [0.5, 0.6) is 0 Å². The highest BCUT2D eigenvalue weighted by atomic mass is 35.5. The molecule has 5 nitrogen and oxygen atoms in total. The van der Waals surface area contributed by atoms with Gasteiger partial charge in [0.15, 0.2) is 5.69 Å². The Balaban J connectivity index is 2.18. The minimum absolute atomic E-state index is 0.000368. The molecule has 26 heavy (non-hydrogen) atoms. The van der Waals surface area contributed by atoms with Crippen LogP contribution in [0.25, 0.3) is 5.57 Å². The van der Waals surface area contributed by atoms with Crippen LogP contribution in [-0.2, 0) is 6.18 Å². The summed E-state index contributed by atoms with van der Waals surface area (Å²) in [6.07, 6.45) is -3.19. The molecule has 0 radical (unpaired) electrons. The Morgan fingerprint density at radius 1 is 1.19 bits per heavy atom. The van der Waals surface area contributed by atoms with Crippen LogP contribution in [0.3, 0.4) is 0 Å². The standard InChI is InChI=1S/C15H15Cl3F3N5/c16-7-5-8(11(18)9(17)6-7)10-12(15(19,20)21)24-14(25-13(10)22)26-3-1-23-2-4-26/h5,9,23H,1-4,6H2,(H2,22,24,25). The summed E-state index contributed by atoms with van der Waals surface area (Å²) in [7, 11) is 0. The van der Waals surface area contributed by atoms with Gasteiger partial charge in [-0.15, -0.1) is 11.6 Å². The molecule has 2 aliphatic rings. The molecule has 1 aromatic heterocycles. The highest BCUT2D eigenvalue weighted by molar-refractivity contribution is 6.42. The topological polar surface area (TPSA) is 67.1 Å². The van der Waals surface area contributed by atoms with Gasteiger partial charge < -0.3 is 16.0 Å². The zero-order valence-corrected chi connectivity index (χ0v) is 15.6. The number of hydrogen-bond donors (Lipinski definition) is 2. The van der Waals surface area contributed by atoms with E-state index < -0.39 is 22.8 Å². The molecule has 0 spiro atoms. The van der Waals surface area contributed by atoms with E-state index >= 15 is 0 Å². The molecule has 3 rings (SSSR count). The first-order valence-corrected chi connectivity index (χ1v) is 8.98. The fourth-order valence-electron chi connectivity index (χ4n) is 2.85. The first-order chi connectivity index (χ1) is 12.2. The lowest BCUT2D eigenvalue weighted by atomic mass is 9.97. The number of nitrogens with zero attached hydrogens (tertiary/aromatic N) is 3. The molecule has 0 amide bonds. The molecular formula is C15H15Cl3F3N5. The summed E-state index contributed by atoms with van der Waals surface area (Å²) in [5.74, 6) is -0.384. The molecule has 142 valence electrons. The van der Waals surface area contributed by atoms with E-state index in [9.17, 15) is 13.2 Å². The smallest absolute Gasteiger partial charge is 0.383 e. The number of halogens is 6. The Kier molecular flexibility index (Phi) is 5.58. The lowest BCUT2D eigenvalue weighted by molar-refractivity contribution is -0.141. The number of aromatic nitrogens is 2. The second-order valence-corrected chi connectivity index (χ2v) is 7.31. The van der Waals surface area contributed by atoms with E-state index in [0.717, 1.165) is 0 Å². The van der Waals surface area contributed by atoms with Gasteiger partial charge in [-0.3, -0.25) is 0 Å². The van der Waals surface area contributed by atoms with Crippen molar-refractivity contribution in [2.45, 2.75) is 18.0 Å². The van der Waals surface area contributed by atoms with Gasteiger partial charge in [0.05, 0.1) is 10.9 Å². The van der Waals surface area contributed by atoms with Gasteiger partial charge in [-0.2, -0.15) is 18.2 Å². The Morgan fingerprint density at radius 3 is 2.46 bits per heavy atom. The maximum absolute atomic E-state index is 13.7. The molecule has 1 fully saturated rings. The summed E-state index contributed by atoms with van der Waals surface area (Å²) in [6, 6.07) is 0. The number of rotatable bonds is 2. The van der Waals surface area contributed by atoms with Gasteiger partial charge in [-0.25, -0.2) is 4.98 Å². The number of allylic oxidation sites excluding steroid dienone is 4. The molecule has 1 aliphatic heterocycles. The van der Waals surface area contributed by atoms with E-state index in [2.05, 4.69) is 15.3 Å². The molecule has 1 unspecified atom stereocenters. The number of piperazine rings is 1. The van der Waals surface area contributed by atoms with Crippen LogP contribution < -0.4 is 16.0 Å². The molecule has 1 saturated heterocycles. The van der Waals surface area contributed by atoms with Gasteiger partial charge in [0.1, 0.15) is 5.82 Å². The zero-order chi connectivity index (χ0) is 19.1. The minimum Gasteiger partial charge on any atom is -0.383 e. The van der Waals surface area contributed by atoms with Crippen molar-refractivity contribution in [3.63, 3.8) is 0 Å². The van der Waals surface area contributed by atoms with Crippen molar-refractivity contribution in [2.24, 2.45) is 0 Å². The summed E-state index contributed by atoms with van der Waals surface area (Å²) in [5, 5.41) is 2.69. The second kappa shape index (κ2) is 7.42. The largest absolute Gasteiger partial charge is 0.434 e. The molecule has 1 aromatic rings. The van der Waals surface area contributed by atoms with Crippen molar-refractivity contribution in [1.29, 1.82) is 0 Å². The summed E-state index contributed by atoms with van der Waals surface area (Å²) >= 11 is 18.2. The van der Waals surface area contributed by atoms with E-state index in [1.807, 2.05) is 0 Å². The number of anilines is 2. The molecule has 2 heterocycles. The molecule has 1 atom stereocenters. The molecule has 1 aliphatic carbocycles. The summed E-state index contributed by atoms with van der Waals surface area (Å²) in [6.45, 7) is 2.20. The first kappa shape index (κ1) is 19.5. The van der Waals surface area contributed by atoms with Crippen LogP contribution in [0.2, 0.25) is 0 Å². The number of nitrogen functional groups attached to an aromatic ring is 1. The maximum atomic E-state index is 13.7. The number of hydrogen-bond acceptors (Lipinski definition) is 5. The van der Waals surface area contributed by atoms with Gasteiger partial charge in [0.2, 0.25) is 5.95 Å². The molecule has 0 aromatic carbocycles. The highest BCUT2D eigenvalue weighted by Gasteiger charge is 2.40. The van der Waals surface area contributed by atoms with Crippen molar-refractivity contribution in [3.05, 3.63) is 27.4 Å². The Morgan fingerprint density at radius 2 is 1.85 bits per heavy atom. The average molecular weight is 429 g/mol. The third-order valence-corrected chi connectivity index (χ3v) is 5.29. The van der Waals surface area contributed by atoms with Crippen molar-refractivity contribution in [2.75, 3.05) is 36.8 Å². The van der Waals surface area contributed by atoms with Crippen molar-refractivity contribution >= 4 is 52.1 Å².